The van der Waals surface area contributed by atoms with Crippen LogP contribution in [0.3, 0.4) is 0 Å². The van der Waals surface area contributed by atoms with E-state index in [1.54, 1.807) is 0 Å². The Bertz CT molecular complexity index is 259. The lowest BCUT2D eigenvalue weighted by Crippen LogP contribution is -2.50. The van der Waals surface area contributed by atoms with Gasteiger partial charge in [0.1, 0.15) is 0 Å². The van der Waals surface area contributed by atoms with E-state index in [0.29, 0.717) is 11.0 Å². The summed E-state index contributed by atoms with van der Waals surface area (Å²) < 4.78 is 11.0. The lowest BCUT2D eigenvalue weighted by atomic mass is 9.70. The van der Waals surface area contributed by atoms with Gasteiger partial charge in [0.25, 0.3) is 0 Å². The molecule has 20 heavy (non-hydrogen) atoms. The first-order valence-corrected chi connectivity index (χ1v) is 8.32. The maximum atomic E-state index is 5.51. The summed E-state index contributed by atoms with van der Waals surface area (Å²) in [4.78, 5) is 2.61. The zero-order valence-electron chi connectivity index (χ0n) is 13.9. The summed E-state index contributed by atoms with van der Waals surface area (Å²) in [5, 5.41) is 0. The molecule has 0 aromatic rings. The van der Waals surface area contributed by atoms with Gasteiger partial charge in [0.2, 0.25) is 0 Å². The molecular weight excluding hydrogens is 250 g/mol. The van der Waals surface area contributed by atoms with Crippen molar-refractivity contribution in [3.8, 4) is 0 Å². The van der Waals surface area contributed by atoms with Crippen molar-refractivity contribution in [2.24, 2.45) is 11.3 Å². The molecule has 0 aromatic heterocycles. The third-order valence-corrected chi connectivity index (χ3v) is 5.57. The molecular formula is C17H33NO2. The molecule has 2 fully saturated rings. The highest BCUT2D eigenvalue weighted by Gasteiger charge is 2.35. The molecule has 0 bridgehead atoms. The van der Waals surface area contributed by atoms with Gasteiger partial charge in [-0.1, -0.05) is 13.8 Å². The molecule has 3 heteroatoms. The average Bonchev–Trinajstić information content (AvgIpc) is 2.47. The van der Waals surface area contributed by atoms with Gasteiger partial charge in [-0.3, -0.25) is 4.90 Å². The molecule has 2 saturated heterocycles. The van der Waals surface area contributed by atoms with Crippen molar-refractivity contribution in [2.75, 3.05) is 39.5 Å². The van der Waals surface area contributed by atoms with E-state index in [-0.39, 0.29) is 0 Å². The van der Waals surface area contributed by atoms with Crippen LogP contribution in [0.2, 0.25) is 0 Å². The SMILES string of the molecule is CC(C)(CCC(C)(C)N1CCOCC1)C1CCOCC1. The van der Waals surface area contributed by atoms with Crippen LogP contribution in [0.1, 0.15) is 53.4 Å². The Morgan fingerprint density at radius 1 is 0.850 bits per heavy atom. The van der Waals surface area contributed by atoms with Crippen LogP contribution in [0.5, 0.6) is 0 Å². The zero-order chi connectivity index (χ0) is 14.6. The van der Waals surface area contributed by atoms with E-state index in [2.05, 4.69) is 32.6 Å². The summed E-state index contributed by atoms with van der Waals surface area (Å²) in [6.07, 6.45) is 5.06. The topological polar surface area (TPSA) is 21.7 Å². The van der Waals surface area contributed by atoms with Crippen molar-refractivity contribution in [3.63, 3.8) is 0 Å². The lowest BCUT2D eigenvalue weighted by molar-refractivity contribution is -0.0236. The van der Waals surface area contributed by atoms with E-state index < -0.39 is 0 Å². The lowest BCUT2D eigenvalue weighted by Gasteiger charge is -2.44. The van der Waals surface area contributed by atoms with Crippen LogP contribution in [0, 0.1) is 11.3 Å². The van der Waals surface area contributed by atoms with Gasteiger partial charge < -0.3 is 9.47 Å². The van der Waals surface area contributed by atoms with Crippen molar-refractivity contribution < 1.29 is 9.47 Å². The summed E-state index contributed by atoms with van der Waals surface area (Å²) in [7, 11) is 0. The van der Waals surface area contributed by atoms with E-state index in [1.807, 2.05) is 0 Å². The standard InChI is InChI=1S/C17H33NO2/c1-16(2,15-5-11-19-12-6-15)7-8-17(3,4)18-9-13-20-14-10-18/h15H,5-14H2,1-4H3. The molecule has 0 spiro atoms. The molecule has 2 aliphatic rings. The zero-order valence-corrected chi connectivity index (χ0v) is 13.9. The molecule has 2 heterocycles. The summed E-state index contributed by atoms with van der Waals surface area (Å²) in [6.45, 7) is 15.6. The van der Waals surface area contributed by atoms with Crippen LogP contribution in [-0.4, -0.2) is 50.0 Å². The minimum atomic E-state index is 0.298. The van der Waals surface area contributed by atoms with Gasteiger partial charge in [0.05, 0.1) is 13.2 Å². The van der Waals surface area contributed by atoms with Crippen LogP contribution in [0.4, 0.5) is 0 Å². The number of morpholine rings is 1. The van der Waals surface area contributed by atoms with Gasteiger partial charge in [-0.05, 0) is 50.9 Å². The fourth-order valence-electron chi connectivity index (χ4n) is 3.64. The molecule has 0 N–H and O–H groups in total. The fraction of sp³-hybridized carbons (Fsp3) is 1.00. The largest absolute Gasteiger partial charge is 0.381 e. The number of hydrogen-bond acceptors (Lipinski definition) is 3. The average molecular weight is 283 g/mol. The smallest absolute Gasteiger partial charge is 0.0594 e. The fourth-order valence-corrected chi connectivity index (χ4v) is 3.64. The van der Waals surface area contributed by atoms with Crippen LogP contribution in [0.25, 0.3) is 0 Å². The van der Waals surface area contributed by atoms with Gasteiger partial charge in [0.15, 0.2) is 0 Å². The second-order valence-electron chi connectivity index (χ2n) is 7.79. The number of ether oxygens (including phenoxy) is 2. The Labute approximate surface area is 125 Å². The summed E-state index contributed by atoms with van der Waals surface area (Å²) in [5.41, 5.74) is 0.736. The van der Waals surface area contributed by atoms with E-state index in [4.69, 9.17) is 9.47 Å². The van der Waals surface area contributed by atoms with Crippen molar-refractivity contribution >= 4 is 0 Å². The highest BCUT2D eigenvalue weighted by molar-refractivity contribution is 4.88. The molecule has 2 rings (SSSR count). The first kappa shape index (κ1) is 16.3. The summed E-state index contributed by atoms with van der Waals surface area (Å²) in [6, 6.07) is 0. The van der Waals surface area contributed by atoms with Gasteiger partial charge in [0, 0.05) is 31.8 Å². The van der Waals surface area contributed by atoms with Gasteiger partial charge in [-0.2, -0.15) is 0 Å². The second-order valence-corrected chi connectivity index (χ2v) is 7.79. The molecule has 2 aliphatic heterocycles. The highest BCUT2D eigenvalue weighted by atomic mass is 16.5. The maximum Gasteiger partial charge on any atom is 0.0594 e. The molecule has 0 unspecified atom stereocenters. The Kier molecular flexibility index (Phi) is 5.49. The molecule has 0 atom stereocenters. The predicted octanol–water partition coefficient (Wildman–Crippen LogP) is 3.33. The molecule has 3 nitrogen and oxygen atoms in total. The normalized spacial score (nSPS) is 24.0. The number of hydrogen-bond donors (Lipinski definition) is 0. The van der Waals surface area contributed by atoms with E-state index in [0.717, 1.165) is 45.4 Å². The highest BCUT2D eigenvalue weighted by Crippen LogP contribution is 2.40. The molecule has 0 amide bonds. The second kappa shape index (κ2) is 6.76. The Morgan fingerprint density at radius 3 is 2.00 bits per heavy atom. The Balaban J connectivity index is 1.85. The van der Waals surface area contributed by atoms with Crippen molar-refractivity contribution in [2.45, 2.75) is 58.9 Å². The monoisotopic (exact) mass is 283 g/mol. The van der Waals surface area contributed by atoms with Crippen LogP contribution in [-0.2, 0) is 9.47 Å². The predicted molar refractivity (Wildman–Crippen MR) is 83.0 cm³/mol. The quantitative estimate of drug-likeness (QED) is 0.772. The molecule has 0 saturated carbocycles. The van der Waals surface area contributed by atoms with E-state index >= 15 is 0 Å². The van der Waals surface area contributed by atoms with E-state index in [9.17, 15) is 0 Å². The van der Waals surface area contributed by atoms with Gasteiger partial charge >= 0.3 is 0 Å². The third kappa shape index (κ3) is 4.19. The number of nitrogens with zero attached hydrogens (tertiary/aromatic N) is 1. The third-order valence-electron chi connectivity index (χ3n) is 5.57. The Morgan fingerprint density at radius 2 is 1.40 bits per heavy atom. The summed E-state index contributed by atoms with van der Waals surface area (Å²) in [5.74, 6) is 0.830. The molecule has 118 valence electrons. The minimum Gasteiger partial charge on any atom is -0.381 e. The molecule has 0 aromatic carbocycles. The van der Waals surface area contributed by atoms with Crippen molar-refractivity contribution in [1.82, 2.24) is 4.90 Å². The maximum absolute atomic E-state index is 5.51. The van der Waals surface area contributed by atoms with Crippen molar-refractivity contribution in [3.05, 3.63) is 0 Å². The van der Waals surface area contributed by atoms with Gasteiger partial charge in [-0.25, -0.2) is 0 Å². The van der Waals surface area contributed by atoms with Crippen LogP contribution < -0.4 is 0 Å². The van der Waals surface area contributed by atoms with Crippen LogP contribution >= 0.6 is 0 Å². The molecule has 0 radical (unpaired) electrons. The van der Waals surface area contributed by atoms with Gasteiger partial charge in [-0.15, -0.1) is 0 Å². The van der Waals surface area contributed by atoms with E-state index in [1.165, 1.54) is 25.7 Å². The van der Waals surface area contributed by atoms with Crippen molar-refractivity contribution in [1.29, 1.82) is 0 Å². The summed E-state index contributed by atoms with van der Waals surface area (Å²) >= 11 is 0. The molecule has 0 aliphatic carbocycles. The minimum absolute atomic E-state index is 0.298. The number of rotatable bonds is 5. The Hall–Kier alpha value is -0.120. The first-order valence-electron chi connectivity index (χ1n) is 8.32. The first-order chi connectivity index (χ1) is 9.42. The van der Waals surface area contributed by atoms with Crippen LogP contribution in [0.15, 0.2) is 0 Å².